The Morgan fingerprint density at radius 2 is 1.92 bits per heavy atom. The van der Waals surface area contributed by atoms with E-state index in [1.54, 1.807) is 7.05 Å². The molecule has 1 unspecified atom stereocenters. The lowest BCUT2D eigenvalue weighted by Gasteiger charge is -2.18. The lowest BCUT2D eigenvalue weighted by atomic mass is 10.0. The number of rotatable bonds is 5. The number of nitrogens with one attached hydrogen (secondary N) is 2. The molecule has 0 aromatic carbocycles. The van der Waals surface area contributed by atoms with Crippen molar-refractivity contribution in [1.29, 1.82) is 0 Å². The van der Waals surface area contributed by atoms with Crippen LogP contribution in [0.15, 0.2) is 0 Å². The van der Waals surface area contributed by atoms with Gasteiger partial charge in [-0.2, -0.15) is 0 Å². The van der Waals surface area contributed by atoms with Crippen molar-refractivity contribution in [2.75, 3.05) is 13.6 Å². The highest BCUT2D eigenvalue weighted by Gasteiger charge is 2.20. The van der Waals surface area contributed by atoms with Gasteiger partial charge in [0, 0.05) is 0 Å². The predicted octanol–water partition coefficient (Wildman–Crippen LogP) is -1.17. The first-order valence-corrected chi connectivity index (χ1v) is 4.22. The van der Waals surface area contributed by atoms with E-state index in [9.17, 15) is 9.59 Å². The highest BCUT2D eigenvalue weighted by Crippen LogP contribution is 1.99. The van der Waals surface area contributed by atoms with E-state index >= 15 is 0 Å². The lowest BCUT2D eigenvalue weighted by Crippen LogP contribution is -2.49. The number of hydrogen-bond acceptors (Lipinski definition) is 3. The van der Waals surface area contributed by atoms with Crippen LogP contribution in [0.1, 0.15) is 13.8 Å². The van der Waals surface area contributed by atoms with Crippen molar-refractivity contribution in [2.24, 2.45) is 11.7 Å². The fraction of sp³-hybridized carbons (Fsp3) is 0.750. The number of likely N-dealkylation sites (N-methyl/N-ethyl adjacent to an activating group) is 1. The molecule has 0 spiro atoms. The number of carbonyl (C=O) groups excluding carboxylic acids is 2. The van der Waals surface area contributed by atoms with Crippen LogP contribution in [-0.2, 0) is 9.59 Å². The molecule has 0 saturated heterocycles. The molecule has 13 heavy (non-hydrogen) atoms. The molecule has 0 heterocycles. The van der Waals surface area contributed by atoms with Crippen molar-refractivity contribution in [3.8, 4) is 0 Å². The maximum atomic E-state index is 11.1. The Kier molecular flexibility index (Phi) is 5.06. The maximum Gasteiger partial charge on any atom is 0.240 e. The van der Waals surface area contributed by atoms with Gasteiger partial charge in [0.1, 0.15) is 6.04 Å². The molecule has 0 aromatic heterocycles. The molecule has 5 nitrogen and oxygen atoms in total. The fourth-order valence-electron chi connectivity index (χ4n) is 0.951. The molecular formula is C8H17N3O2. The summed E-state index contributed by atoms with van der Waals surface area (Å²) >= 11 is 0. The highest BCUT2D eigenvalue weighted by atomic mass is 16.2. The van der Waals surface area contributed by atoms with Crippen molar-refractivity contribution in [3.63, 3.8) is 0 Å². The Bertz CT molecular complexity index is 192. The molecule has 0 saturated carbocycles. The molecule has 4 N–H and O–H groups in total. The second-order valence-corrected chi connectivity index (χ2v) is 3.22. The molecule has 0 bridgehead atoms. The topological polar surface area (TPSA) is 84.2 Å². The molecule has 0 fully saturated rings. The summed E-state index contributed by atoms with van der Waals surface area (Å²) in [5.74, 6) is -0.710. The summed E-state index contributed by atoms with van der Waals surface area (Å²) in [6.07, 6.45) is 0. The normalized spacial score (nSPS) is 12.6. The van der Waals surface area contributed by atoms with Crippen LogP contribution in [0, 0.1) is 5.92 Å². The summed E-state index contributed by atoms with van der Waals surface area (Å²) in [5.41, 5.74) is 5.11. The zero-order valence-corrected chi connectivity index (χ0v) is 8.26. The Morgan fingerprint density at radius 3 is 2.23 bits per heavy atom. The first-order chi connectivity index (χ1) is 5.99. The molecule has 1 atom stereocenters. The van der Waals surface area contributed by atoms with Crippen LogP contribution in [0.2, 0.25) is 0 Å². The summed E-state index contributed by atoms with van der Waals surface area (Å²) in [6.45, 7) is 3.85. The highest BCUT2D eigenvalue weighted by molar-refractivity contribution is 5.87. The van der Waals surface area contributed by atoms with Crippen molar-refractivity contribution in [1.82, 2.24) is 10.6 Å². The molecule has 0 aliphatic rings. The van der Waals surface area contributed by atoms with Gasteiger partial charge in [-0.3, -0.25) is 9.59 Å². The van der Waals surface area contributed by atoms with Crippen molar-refractivity contribution < 1.29 is 9.59 Å². The maximum absolute atomic E-state index is 11.1. The largest absolute Gasteiger partial charge is 0.368 e. The smallest absolute Gasteiger partial charge is 0.240 e. The minimum absolute atomic E-state index is 0.0123. The third-order valence-electron chi connectivity index (χ3n) is 1.63. The van der Waals surface area contributed by atoms with Crippen molar-refractivity contribution in [2.45, 2.75) is 19.9 Å². The zero-order chi connectivity index (χ0) is 10.4. The molecule has 2 amide bonds. The summed E-state index contributed by atoms with van der Waals surface area (Å²) in [7, 11) is 1.66. The first kappa shape index (κ1) is 11.9. The third kappa shape index (κ3) is 4.47. The molecule has 0 aromatic rings. The van der Waals surface area contributed by atoms with E-state index in [4.69, 9.17) is 5.73 Å². The minimum Gasteiger partial charge on any atom is -0.368 e. The Morgan fingerprint density at radius 1 is 1.38 bits per heavy atom. The van der Waals surface area contributed by atoms with Gasteiger partial charge in [-0.1, -0.05) is 13.8 Å². The van der Waals surface area contributed by atoms with E-state index in [0.717, 1.165) is 0 Å². The van der Waals surface area contributed by atoms with E-state index in [1.807, 2.05) is 13.8 Å². The SMILES string of the molecule is CNCC(=O)NC(C(N)=O)C(C)C. The average molecular weight is 187 g/mol. The van der Waals surface area contributed by atoms with Gasteiger partial charge in [-0.25, -0.2) is 0 Å². The number of amides is 2. The molecule has 0 radical (unpaired) electrons. The number of carbonyl (C=O) groups is 2. The van der Waals surface area contributed by atoms with Gasteiger partial charge in [0.2, 0.25) is 11.8 Å². The van der Waals surface area contributed by atoms with Gasteiger partial charge in [0.05, 0.1) is 6.54 Å². The number of hydrogen-bond donors (Lipinski definition) is 3. The van der Waals surface area contributed by atoms with Gasteiger partial charge in [0.15, 0.2) is 0 Å². The van der Waals surface area contributed by atoms with E-state index in [-0.39, 0.29) is 18.4 Å². The van der Waals surface area contributed by atoms with Crippen LogP contribution in [-0.4, -0.2) is 31.4 Å². The summed E-state index contributed by atoms with van der Waals surface area (Å²) in [5, 5.41) is 5.23. The standard InChI is InChI=1S/C8H17N3O2/c1-5(2)7(8(9)13)11-6(12)4-10-3/h5,7,10H,4H2,1-3H3,(H2,9,13)(H,11,12). The van der Waals surface area contributed by atoms with Gasteiger partial charge in [0.25, 0.3) is 0 Å². The second kappa shape index (κ2) is 5.53. The Labute approximate surface area is 78.1 Å². The van der Waals surface area contributed by atoms with Gasteiger partial charge in [-0.15, -0.1) is 0 Å². The van der Waals surface area contributed by atoms with Crippen LogP contribution in [0.5, 0.6) is 0 Å². The van der Waals surface area contributed by atoms with Gasteiger partial charge >= 0.3 is 0 Å². The van der Waals surface area contributed by atoms with Crippen molar-refractivity contribution >= 4 is 11.8 Å². The monoisotopic (exact) mass is 187 g/mol. The van der Waals surface area contributed by atoms with Gasteiger partial charge in [-0.05, 0) is 13.0 Å². The van der Waals surface area contributed by atoms with Crippen LogP contribution >= 0.6 is 0 Å². The van der Waals surface area contributed by atoms with E-state index in [0.29, 0.717) is 0 Å². The Balaban J connectivity index is 4.10. The molecular weight excluding hydrogens is 170 g/mol. The van der Waals surface area contributed by atoms with Crippen LogP contribution in [0.3, 0.4) is 0 Å². The average Bonchev–Trinajstić information content (AvgIpc) is 1.99. The van der Waals surface area contributed by atoms with E-state index < -0.39 is 11.9 Å². The van der Waals surface area contributed by atoms with E-state index in [1.165, 1.54) is 0 Å². The number of primary amides is 1. The van der Waals surface area contributed by atoms with Crippen LogP contribution < -0.4 is 16.4 Å². The second-order valence-electron chi connectivity index (χ2n) is 3.22. The van der Waals surface area contributed by atoms with Crippen LogP contribution in [0.4, 0.5) is 0 Å². The van der Waals surface area contributed by atoms with Gasteiger partial charge < -0.3 is 16.4 Å². The molecule has 0 aliphatic carbocycles. The molecule has 0 rings (SSSR count). The summed E-state index contributed by atoms with van der Waals surface area (Å²) in [4.78, 5) is 21.9. The number of nitrogens with two attached hydrogens (primary N) is 1. The van der Waals surface area contributed by atoms with E-state index in [2.05, 4.69) is 10.6 Å². The third-order valence-corrected chi connectivity index (χ3v) is 1.63. The summed E-state index contributed by atoms with van der Waals surface area (Å²) < 4.78 is 0. The Hall–Kier alpha value is -1.10. The van der Waals surface area contributed by atoms with Crippen molar-refractivity contribution in [3.05, 3.63) is 0 Å². The predicted molar refractivity (Wildman–Crippen MR) is 49.9 cm³/mol. The molecule has 0 aliphatic heterocycles. The quantitative estimate of drug-likeness (QED) is 0.507. The first-order valence-electron chi connectivity index (χ1n) is 4.22. The minimum atomic E-state index is -0.583. The lowest BCUT2D eigenvalue weighted by molar-refractivity contribution is -0.127. The molecule has 5 heteroatoms. The molecule has 76 valence electrons. The van der Waals surface area contributed by atoms with Crippen LogP contribution in [0.25, 0.3) is 0 Å². The summed E-state index contributed by atoms with van der Waals surface area (Å²) in [6, 6.07) is -0.583. The fourth-order valence-corrected chi connectivity index (χ4v) is 0.951. The zero-order valence-electron chi connectivity index (χ0n) is 8.26.